The highest BCUT2D eigenvalue weighted by molar-refractivity contribution is 5.55. The molecule has 0 aliphatic carbocycles. The first kappa shape index (κ1) is 20.4. The van der Waals surface area contributed by atoms with Crippen LogP contribution in [-0.2, 0) is 13.1 Å². The number of anilines is 1. The maximum atomic E-state index is 2.57. The molecule has 1 aliphatic rings. The van der Waals surface area contributed by atoms with Gasteiger partial charge >= 0.3 is 0 Å². The fraction of sp³-hybridized carbons (Fsp3) is 0.259. The first-order chi connectivity index (χ1) is 14.7. The standard InChI is InChI=1S/C27H31N3/c1-28(2)26-16-13-23(14-17-26)15-18-27-29(21-24-9-5-3-6-10-24)19-20-30(27)22-25-11-7-4-8-12-25/h3-18,27H,19-22H2,1-2H3. The van der Waals surface area contributed by atoms with Gasteiger partial charge in [0.15, 0.2) is 0 Å². The number of hydrogen-bond acceptors (Lipinski definition) is 3. The first-order valence-electron chi connectivity index (χ1n) is 10.7. The molecule has 0 bridgehead atoms. The second-order valence-electron chi connectivity index (χ2n) is 8.17. The molecule has 0 amide bonds. The lowest BCUT2D eigenvalue weighted by molar-refractivity contribution is 0.168. The van der Waals surface area contributed by atoms with E-state index >= 15 is 0 Å². The van der Waals surface area contributed by atoms with Crippen molar-refractivity contribution in [3.8, 4) is 0 Å². The van der Waals surface area contributed by atoms with Crippen molar-refractivity contribution < 1.29 is 0 Å². The van der Waals surface area contributed by atoms with Crippen LogP contribution >= 0.6 is 0 Å². The van der Waals surface area contributed by atoms with E-state index < -0.39 is 0 Å². The Bertz CT molecular complexity index is 883. The van der Waals surface area contributed by atoms with Crippen LogP contribution in [0, 0.1) is 0 Å². The minimum absolute atomic E-state index is 0.291. The summed E-state index contributed by atoms with van der Waals surface area (Å²) < 4.78 is 0. The van der Waals surface area contributed by atoms with Crippen molar-refractivity contribution in [2.24, 2.45) is 0 Å². The number of rotatable bonds is 7. The van der Waals surface area contributed by atoms with Crippen molar-refractivity contribution in [1.29, 1.82) is 0 Å². The Kier molecular flexibility index (Phi) is 6.63. The molecule has 3 heteroatoms. The maximum Gasteiger partial charge on any atom is 0.0824 e. The summed E-state index contributed by atoms with van der Waals surface area (Å²) in [6, 6.07) is 30.3. The Hall–Kier alpha value is -2.88. The highest BCUT2D eigenvalue weighted by Crippen LogP contribution is 2.23. The van der Waals surface area contributed by atoms with Crippen molar-refractivity contribution in [3.05, 3.63) is 108 Å². The third kappa shape index (κ3) is 5.18. The van der Waals surface area contributed by atoms with Crippen LogP contribution in [0.4, 0.5) is 5.69 Å². The van der Waals surface area contributed by atoms with E-state index in [4.69, 9.17) is 0 Å². The molecule has 0 atom stereocenters. The first-order valence-corrected chi connectivity index (χ1v) is 10.7. The lowest BCUT2D eigenvalue weighted by atomic mass is 10.1. The maximum absolute atomic E-state index is 2.57. The predicted octanol–water partition coefficient (Wildman–Crippen LogP) is 5.11. The zero-order valence-electron chi connectivity index (χ0n) is 18.0. The molecule has 30 heavy (non-hydrogen) atoms. The smallest absolute Gasteiger partial charge is 0.0824 e. The molecule has 0 aromatic heterocycles. The molecule has 154 valence electrons. The van der Waals surface area contributed by atoms with E-state index in [1.807, 2.05) is 0 Å². The van der Waals surface area contributed by atoms with Crippen LogP contribution in [0.25, 0.3) is 6.08 Å². The molecule has 0 spiro atoms. The molecule has 0 N–H and O–H groups in total. The van der Waals surface area contributed by atoms with Crippen LogP contribution in [0.2, 0.25) is 0 Å². The fourth-order valence-corrected chi connectivity index (χ4v) is 4.06. The molecule has 1 aliphatic heterocycles. The van der Waals surface area contributed by atoms with E-state index in [9.17, 15) is 0 Å². The number of nitrogens with zero attached hydrogens (tertiary/aromatic N) is 3. The third-order valence-electron chi connectivity index (χ3n) is 5.75. The Balaban J connectivity index is 1.53. The van der Waals surface area contributed by atoms with Gasteiger partial charge in [-0.3, -0.25) is 9.80 Å². The lowest BCUT2D eigenvalue weighted by Gasteiger charge is -2.28. The van der Waals surface area contributed by atoms with Crippen molar-refractivity contribution in [2.75, 3.05) is 32.1 Å². The second-order valence-corrected chi connectivity index (χ2v) is 8.17. The average Bonchev–Trinajstić information content (AvgIpc) is 3.15. The molecule has 0 radical (unpaired) electrons. The summed E-state index contributed by atoms with van der Waals surface area (Å²) in [5, 5.41) is 0. The van der Waals surface area contributed by atoms with Crippen molar-refractivity contribution in [3.63, 3.8) is 0 Å². The summed E-state index contributed by atoms with van der Waals surface area (Å²) in [7, 11) is 4.15. The molecule has 0 saturated carbocycles. The quantitative estimate of drug-likeness (QED) is 0.548. The molecule has 1 heterocycles. The van der Waals surface area contributed by atoms with Gasteiger partial charge in [-0.15, -0.1) is 0 Å². The van der Waals surface area contributed by atoms with Crippen molar-refractivity contribution in [1.82, 2.24) is 9.80 Å². The van der Waals surface area contributed by atoms with Crippen LogP contribution in [0.15, 0.2) is 91.0 Å². The monoisotopic (exact) mass is 397 g/mol. The summed E-state index contributed by atoms with van der Waals surface area (Å²) >= 11 is 0. The molecule has 1 saturated heterocycles. The zero-order valence-corrected chi connectivity index (χ0v) is 18.0. The van der Waals surface area contributed by atoms with E-state index in [-0.39, 0.29) is 0 Å². The van der Waals surface area contributed by atoms with E-state index in [0.717, 1.165) is 26.2 Å². The number of hydrogen-bond donors (Lipinski definition) is 0. The van der Waals surface area contributed by atoms with Gasteiger partial charge in [0, 0.05) is 46.0 Å². The molecular formula is C27H31N3. The van der Waals surface area contributed by atoms with Crippen LogP contribution in [0.1, 0.15) is 16.7 Å². The highest BCUT2D eigenvalue weighted by Gasteiger charge is 2.29. The topological polar surface area (TPSA) is 9.72 Å². The Morgan fingerprint density at radius 2 is 1.23 bits per heavy atom. The second kappa shape index (κ2) is 9.75. The van der Waals surface area contributed by atoms with Gasteiger partial charge in [-0.1, -0.05) is 84.9 Å². The van der Waals surface area contributed by atoms with E-state index in [0.29, 0.717) is 6.17 Å². The van der Waals surface area contributed by atoms with Gasteiger partial charge in [-0.05, 0) is 28.8 Å². The predicted molar refractivity (Wildman–Crippen MR) is 127 cm³/mol. The van der Waals surface area contributed by atoms with E-state index in [1.165, 1.54) is 22.4 Å². The summed E-state index contributed by atoms with van der Waals surface area (Å²) in [4.78, 5) is 7.28. The molecule has 3 aromatic rings. The lowest BCUT2D eigenvalue weighted by Crippen LogP contribution is -2.36. The van der Waals surface area contributed by atoms with Gasteiger partial charge in [-0.2, -0.15) is 0 Å². The van der Waals surface area contributed by atoms with Gasteiger partial charge in [0.25, 0.3) is 0 Å². The van der Waals surface area contributed by atoms with Gasteiger partial charge in [0.05, 0.1) is 6.17 Å². The Morgan fingerprint density at radius 1 is 0.733 bits per heavy atom. The van der Waals surface area contributed by atoms with E-state index in [1.54, 1.807) is 0 Å². The van der Waals surface area contributed by atoms with Gasteiger partial charge < -0.3 is 4.90 Å². The number of benzene rings is 3. The van der Waals surface area contributed by atoms with Gasteiger partial charge in [-0.25, -0.2) is 0 Å². The fourth-order valence-electron chi connectivity index (χ4n) is 4.06. The van der Waals surface area contributed by atoms with Gasteiger partial charge in [0.2, 0.25) is 0 Å². The average molecular weight is 398 g/mol. The van der Waals surface area contributed by atoms with E-state index in [2.05, 4.69) is 126 Å². The van der Waals surface area contributed by atoms with Gasteiger partial charge in [0.1, 0.15) is 0 Å². The molecule has 3 nitrogen and oxygen atoms in total. The van der Waals surface area contributed by atoms with Crippen LogP contribution in [-0.4, -0.2) is 43.2 Å². The van der Waals surface area contributed by atoms with Crippen molar-refractivity contribution in [2.45, 2.75) is 19.3 Å². The molecule has 1 fully saturated rings. The van der Waals surface area contributed by atoms with Crippen LogP contribution in [0.5, 0.6) is 0 Å². The van der Waals surface area contributed by atoms with Crippen molar-refractivity contribution >= 4 is 11.8 Å². The molecule has 4 rings (SSSR count). The zero-order chi connectivity index (χ0) is 20.8. The summed E-state index contributed by atoms with van der Waals surface area (Å²) in [6.45, 7) is 4.11. The largest absolute Gasteiger partial charge is 0.378 e. The summed E-state index contributed by atoms with van der Waals surface area (Å²) in [5.41, 5.74) is 5.21. The summed E-state index contributed by atoms with van der Waals surface area (Å²) in [5.74, 6) is 0. The Morgan fingerprint density at radius 3 is 1.70 bits per heavy atom. The minimum Gasteiger partial charge on any atom is -0.378 e. The SMILES string of the molecule is CN(C)c1ccc(C=CC2N(Cc3ccccc3)CCN2Cc2ccccc2)cc1. The van der Waals surface area contributed by atoms with Crippen LogP contribution in [0.3, 0.4) is 0 Å². The molecular weight excluding hydrogens is 366 g/mol. The third-order valence-corrected chi connectivity index (χ3v) is 5.75. The minimum atomic E-state index is 0.291. The molecule has 3 aromatic carbocycles. The normalized spacial score (nSPS) is 15.8. The summed E-state index contributed by atoms with van der Waals surface area (Å²) in [6.07, 6.45) is 4.92. The Labute approximate surface area is 180 Å². The highest BCUT2D eigenvalue weighted by atomic mass is 15.4. The van der Waals surface area contributed by atoms with Crippen LogP contribution < -0.4 is 4.90 Å². The molecule has 0 unspecified atom stereocenters.